The number of benzene rings is 1. The third kappa shape index (κ3) is 3.61. The van der Waals surface area contributed by atoms with Crippen molar-refractivity contribution >= 4 is 16.9 Å². The minimum atomic E-state index is -0.339. The number of likely N-dealkylation sites (tertiary alicyclic amines) is 1. The molecule has 1 saturated carbocycles. The number of hydrogen-bond acceptors (Lipinski definition) is 6. The van der Waals surface area contributed by atoms with Crippen molar-refractivity contribution in [2.75, 3.05) is 33.8 Å². The van der Waals surface area contributed by atoms with Gasteiger partial charge in [-0.15, -0.1) is 0 Å². The molecule has 0 radical (unpaired) electrons. The number of amides is 1. The van der Waals surface area contributed by atoms with Gasteiger partial charge in [0.25, 0.3) is 5.91 Å². The third-order valence-electron chi connectivity index (χ3n) is 7.82. The summed E-state index contributed by atoms with van der Waals surface area (Å²) >= 11 is 0. The first-order chi connectivity index (χ1) is 15.3. The molecule has 1 saturated heterocycles. The normalized spacial score (nSPS) is 27.1. The number of aliphatic hydroxyl groups excluding tert-OH is 1. The van der Waals surface area contributed by atoms with Gasteiger partial charge in [-0.1, -0.05) is 0 Å². The van der Waals surface area contributed by atoms with Gasteiger partial charge in [0.05, 0.1) is 6.10 Å². The van der Waals surface area contributed by atoms with Crippen molar-refractivity contribution in [2.45, 2.75) is 51.2 Å². The van der Waals surface area contributed by atoms with Gasteiger partial charge < -0.3 is 24.1 Å². The van der Waals surface area contributed by atoms with E-state index in [9.17, 15) is 14.7 Å². The maximum absolute atomic E-state index is 12.9. The molecule has 32 heavy (non-hydrogen) atoms. The first-order valence-corrected chi connectivity index (χ1v) is 11.7. The molecule has 5 rings (SSSR count). The average molecular weight is 441 g/mol. The van der Waals surface area contributed by atoms with Crippen LogP contribution in [0.1, 0.15) is 36.0 Å². The number of rotatable bonds is 4. The Bertz CT molecular complexity index is 1110. The van der Waals surface area contributed by atoms with Crippen molar-refractivity contribution in [3.05, 3.63) is 39.2 Å². The van der Waals surface area contributed by atoms with Crippen LogP contribution in [-0.4, -0.2) is 66.8 Å². The van der Waals surface area contributed by atoms with Crippen molar-refractivity contribution in [3.8, 4) is 5.75 Å². The number of likely N-dealkylation sites (N-methyl/N-ethyl adjacent to an activating group) is 1. The van der Waals surface area contributed by atoms with Crippen molar-refractivity contribution in [3.63, 3.8) is 0 Å². The zero-order chi connectivity index (χ0) is 22.6. The van der Waals surface area contributed by atoms with Crippen LogP contribution in [0.25, 0.3) is 11.0 Å². The molecule has 1 aromatic heterocycles. The summed E-state index contributed by atoms with van der Waals surface area (Å²) in [6, 6.07) is 3.98. The van der Waals surface area contributed by atoms with Gasteiger partial charge in [0.1, 0.15) is 11.3 Å². The van der Waals surface area contributed by atoms with Crippen LogP contribution in [0.5, 0.6) is 5.75 Å². The minimum Gasteiger partial charge on any atom is -0.483 e. The fraction of sp³-hybridized carbons (Fsp3) is 0.600. The lowest BCUT2D eigenvalue weighted by Crippen LogP contribution is -2.46. The van der Waals surface area contributed by atoms with E-state index in [0.29, 0.717) is 29.7 Å². The lowest BCUT2D eigenvalue weighted by molar-refractivity contribution is -0.132. The van der Waals surface area contributed by atoms with Crippen LogP contribution < -0.4 is 10.4 Å². The van der Waals surface area contributed by atoms with E-state index in [-0.39, 0.29) is 30.3 Å². The van der Waals surface area contributed by atoms with Crippen molar-refractivity contribution in [1.82, 2.24) is 9.80 Å². The van der Waals surface area contributed by atoms with E-state index in [0.717, 1.165) is 60.7 Å². The minimum absolute atomic E-state index is 0.0369. The number of fused-ring (bicyclic) bond motifs is 4. The molecule has 1 aliphatic heterocycles. The summed E-state index contributed by atoms with van der Waals surface area (Å²) in [5.41, 5.74) is 2.97. The first-order valence-electron chi connectivity index (χ1n) is 11.7. The van der Waals surface area contributed by atoms with Crippen LogP contribution in [0.3, 0.4) is 0 Å². The second kappa shape index (κ2) is 8.19. The number of carbonyl (C=O) groups is 1. The predicted molar refractivity (Wildman–Crippen MR) is 121 cm³/mol. The molecule has 2 aliphatic carbocycles. The molecule has 4 atom stereocenters. The van der Waals surface area contributed by atoms with Crippen LogP contribution in [-0.2, 0) is 17.6 Å². The molecule has 172 valence electrons. The number of ether oxygens (including phenoxy) is 1. The molecular weight excluding hydrogens is 408 g/mol. The molecule has 7 heteroatoms. The molecular formula is C25H32N2O5. The molecule has 1 aromatic carbocycles. The number of aryl methyl sites for hydroxylation is 2. The molecule has 3 aliphatic rings. The summed E-state index contributed by atoms with van der Waals surface area (Å²) in [7, 11) is 4.00. The first kappa shape index (κ1) is 21.5. The average Bonchev–Trinajstić information content (AvgIpc) is 3.40. The van der Waals surface area contributed by atoms with Crippen molar-refractivity contribution in [1.29, 1.82) is 0 Å². The summed E-state index contributed by atoms with van der Waals surface area (Å²) in [5, 5.41) is 11.4. The lowest BCUT2D eigenvalue weighted by Gasteiger charge is -2.38. The Morgan fingerprint density at radius 2 is 1.91 bits per heavy atom. The molecule has 2 aromatic rings. The van der Waals surface area contributed by atoms with Gasteiger partial charge in [-0.3, -0.25) is 4.79 Å². The monoisotopic (exact) mass is 440 g/mol. The highest BCUT2D eigenvalue weighted by molar-refractivity contribution is 5.86. The van der Waals surface area contributed by atoms with Crippen LogP contribution in [0.2, 0.25) is 0 Å². The number of aliphatic hydroxyl groups is 1. The Morgan fingerprint density at radius 1 is 1.19 bits per heavy atom. The standard InChI is InChI=1S/C25H32N2O5/c1-14-22(8-7-18-17-5-4-6-19(17)25(30)32-24(14)18)31-13-23(29)27-11-15-9-20(26(2)3)21(28)10-16(15)12-27/h7-8,15-16,20-21,28H,4-6,9-13H2,1-3H3/t15-,16+,20-,21-/m1/s1. The summed E-state index contributed by atoms with van der Waals surface area (Å²) < 4.78 is 11.5. The molecule has 0 bridgehead atoms. The Hall–Kier alpha value is -2.38. The summed E-state index contributed by atoms with van der Waals surface area (Å²) in [6.07, 6.45) is 3.98. The largest absolute Gasteiger partial charge is 0.483 e. The lowest BCUT2D eigenvalue weighted by atomic mass is 9.77. The fourth-order valence-electron chi connectivity index (χ4n) is 6.02. The summed E-state index contributed by atoms with van der Waals surface area (Å²) in [5.74, 6) is 1.31. The SMILES string of the molecule is Cc1c(OCC(=O)N2C[C@H]3C[C@@H](N(C)C)[C@H](O)C[C@H]3C2)ccc2c3c(c(=O)oc12)CCC3. The molecule has 0 unspecified atom stereocenters. The molecule has 7 nitrogen and oxygen atoms in total. The molecule has 1 amide bonds. The van der Waals surface area contributed by atoms with E-state index in [1.54, 1.807) is 0 Å². The van der Waals surface area contributed by atoms with Crippen LogP contribution in [0.4, 0.5) is 0 Å². The Kier molecular flexibility index (Phi) is 5.50. The summed E-state index contributed by atoms with van der Waals surface area (Å²) in [4.78, 5) is 29.2. The second-order valence-corrected chi connectivity index (χ2v) is 9.94. The van der Waals surface area contributed by atoms with E-state index in [2.05, 4.69) is 4.90 Å². The highest BCUT2D eigenvalue weighted by Gasteiger charge is 2.43. The fourth-order valence-corrected chi connectivity index (χ4v) is 6.02. The highest BCUT2D eigenvalue weighted by atomic mass is 16.5. The van der Waals surface area contributed by atoms with E-state index < -0.39 is 0 Å². The maximum Gasteiger partial charge on any atom is 0.339 e. The van der Waals surface area contributed by atoms with Gasteiger partial charge in [0.15, 0.2) is 6.61 Å². The van der Waals surface area contributed by atoms with E-state index in [1.807, 2.05) is 38.1 Å². The van der Waals surface area contributed by atoms with Gasteiger partial charge in [0, 0.05) is 35.6 Å². The van der Waals surface area contributed by atoms with Gasteiger partial charge in [0.2, 0.25) is 0 Å². The quantitative estimate of drug-likeness (QED) is 0.734. The van der Waals surface area contributed by atoms with Crippen molar-refractivity contribution in [2.24, 2.45) is 11.8 Å². The smallest absolute Gasteiger partial charge is 0.339 e. The van der Waals surface area contributed by atoms with Gasteiger partial charge in [-0.25, -0.2) is 4.79 Å². The van der Waals surface area contributed by atoms with Gasteiger partial charge in [-0.05, 0) is 82.7 Å². The van der Waals surface area contributed by atoms with Crippen LogP contribution in [0.15, 0.2) is 21.3 Å². The van der Waals surface area contributed by atoms with Gasteiger partial charge in [-0.2, -0.15) is 0 Å². The van der Waals surface area contributed by atoms with E-state index in [4.69, 9.17) is 9.15 Å². The highest BCUT2D eigenvalue weighted by Crippen LogP contribution is 2.38. The Morgan fingerprint density at radius 3 is 2.66 bits per heavy atom. The molecule has 1 N–H and O–H groups in total. The Balaban J connectivity index is 1.27. The molecule has 2 fully saturated rings. The predicted octanol–water partition coefficient (Wildman–Crippen LogP) is 2.13. The zero-order valence-electron chi connectivity index (χ0n) is 19.1. The number of hydrogen-bond donors (Lipinski definition) is 1. The zero-order valence-corrected chi connectivity index (χ0v) is 19.1. The maximum atomic E-state index is 12.9. The van der Waals surface area contributed by atoms with E-state index in [1.165, 1.54) is 0 Å². The van der Waals surface area contributed by atoms with E-state index >= 15 is 0 Å². The number of nitrogens with zero attached hydrogens (tertiary/aromatic N) is 2. The third-order valence-corrected chi connectivity index (χ3v) is 7.82. The van der Waals surface area contributed by atoms with Crippen LogP contribution in [0, 0.1) is 18.8 Å². The van der Waals surface area contributed by atoms with Gasteiger partial charge >= 0.3 is 5.63 Å². The second-order valence-electron chi connectivity index (χ2n) is 9.94. The topological polar surface area (TPSA) is 83.2 Å². The molecule has 0 spiro atoms. The molecule has 2 heterocycles. The Labute approximate surface area is 187 Å². The summed E-state index contributed by atoms with van der Waals surface area (Å²) in [6.45, 7) is 3.24. The van der Waals surface area contributed by atoms with Crippen molar-refractivity contribution < 1.29 is 19.1 Å². The number of carbonyl (C=O) groups excluding carboxylic acids is 1. The van der Waals surface area contributed by atoms with Crippen LogP contribution >= 0.6 is 0 Å².